The van der Waals surface area contributed by atoms with Gasteiger partial charge in [-0.05, 0) is 74.3 Å². The zero-order chi connectivity index (χ0) is 30.6. The molecule has 1 spiro atoms. The lowest BCUT2D eigenvalue weighted by Crippen LogP contribution is -2.54. The molecule has 0 aromatic heterocycles. The van der Waals surface area contributed by atoms with Crippen LogP contribution in [0.25, 0.3) is 0 Å². The first-order valence-corrected chi connectivity index (χ1v) is 15.6. The zero-order valence-corrected chi connectivity index (χ0v) is 24.6. The zero-order valence-electron chi connectivity index (χ0n) is 24.6. The summed E-state index contributed by atoms with van der Waals surface area (Å²) < 4.78 is 0. The second kappa shape index (κ2) is 11.0. The fourth-order valence-corrected chi connectivity index (χ4v) is 7.97. The SMILES string of the molecule is O=C1CCC(N2C(=O)c3ccc(N4CCC5(CCC(N6CCN(c7ccc([N+](=O)[O-])cc7)CC6)C5)CC4)cc3C2=O)C(=O)N1. The lowest BCUT2D eigenvalue weighted by atomic mass is 9.76. The summed E-state index contributed by atoms with van der Waals surface area (Å²) in [6.07, 6.45) is 6.01. The Morgan fingerprint density at radius 3 is 2.11 bits per heavy atom. The van der Waals surface area contributed by atoms with Crippen LogP contribution in [-0.2, 0) is 9.59 Å². The number of carbonyl (C=O) groups is 4. The molecule has 44 heavy (non-hydrogen) atoms. The number of nitrogens with zero attached hydrogens (tertiary/aromatic N) is 5. The molecule has 230 valence electrons. The third-order valence-electron chi connectivity index (χ3n) is 10.5. The number of amides is 4. The number of piperidine rings is 2. The maximum atomic E-state index is 13.3. The van der Waals surface area contributed by atoms with Crippen LogP contribution in [0.1, 0.15) is 65.7 Å². The van der Waals surface area contributed by atoms with Gasteiger partial charge in [-0.25, -0.2) is 0 Å². The van der Waals surface area contributed by atoms with Gasteiger partial charge in [0.2, 0.25) is 11.8 Å². The molecule has 4 aliphatic heterocycles. The summed E-state index contributed by atoms with van der Waals surface area (Å²) in [5.74, 6) is -1.93. The Morgan fingerprint density at radius 1 is 0.773 bits per heavy atom. The summed E-state index contributed by atoms with van der Waals surface area (Å²) in [6.45, 7) is 5.57. The van der Waals surface area contributed by atoms with Gasteiger partial charge in [0.1, 0.15) is 6.04 Å². The van der Waals surface area contributed by atoms with E-state index in [-0.39, 0.29) is 29.4 Å². The predicted octanol–water partition coefficient (Wildman–Crippen LogP) is 2.96. The molecule has 5 aliphatic rings. The number of carbonyl (C=O) groups excluding carboxylic acids is 4. The Hall–Kier alpha value is -4.32. The molecule has 3 saturated heterocycles. The number of nitrogens with one attached hydrogen (secondary N) is 1. The van der Waals surface area contributed by atoms with Gasteiger partial charge in [-0.2, -0.15) is 0 Å². The molecule has 2 atom stereocenters. The molecule has 0 bridgehead atoms. The van der Waals surface area contributed by atoms with E-state index in [1.165, 1.54) is 19.3 Å². The number of hydrogen-bond donors (Lipinski definition) is 1. The average molecular weight is 601 g/mol. The van der Waals surface area contributed by atoms with Crippen LogP contribution < -0.4 is 15.1 Å². The van der Waals surface area contributed by atoms with Crippen molar-refractivity contribution < 1.29 is 24.1 Å². The van der Waals surface area contributed by atoms with E-state index in [9.17, 15) is 29.3 Å². The topological polar surface area (TPSA) is 136 Å². The highest BCUT2D eigenvalue weighted by atomic mass is 16.6. The number of hydrogen-bond acceptors (Lipinski definition) is 9. The number of nitro groups is 1. The van der Waals surface area contributed by atoms with E-state index in [0.29, 0.717) is 22.6 Å². The van der Waals surface area contributed by atoms with Gasteiger partial charge in [0, 0.05) is 75.2 Å². The van der Waals surface area contributed by atoms with Crippen molar-refractivity contribution in [3.63, 3.8) is 0 Å². The van der Waals surface area contributed by atoms with Gasteiger partial charge in [0.25, 0.3) is 17.5 Å². The van der Waals surface area contributed by atoms with Crippen molar-refractivity contribution in [2.45, 2.75) is 57.0 Å². The first kappa shape index (κ1) is 28.5. The van der Waals surface area contributed by atoms with Gasteiger partial charge in [-0.3, -0.25) is 44.4 Å². The van der Waals surface area contributed by atoms with Gasteiger partial charge < -0.3 is 9.80 Å². The summed E-state index contributed by atoms with van der Waals surface area (Å²) in [6, 6.07) is 11.8. The number of benzene rings is 2. The molecule has 0 radical (unpaired) electrons. The highest BCUT2D eigenvalue weighted by molar-refractivity contribution is 6.23. The monoisotopic (exact) mass is 600 g/mol. The Balaban J connectivity index is 0.940. The molecule has 2 aromatic carbocycles. The molecule has 12 heteroatoms. The Labute approximate surface area is 255 Å². The third-order valence-corrected chi connectivity index (χ3v) is 10.5. The predicted molar refractivity (Wildman–Crippen MR) is 162 cm³/mol. The Kier molecular flexibility index (Phi) is 7.11. The molecule has 2 unspecified atom stereocenters. The van der Waals surface area contributed by atoms with Gasteiger partial charge in [0.05, 0.1) is 16.1 Å². The van der Waals surface area contributed by atoms with Gasteiger partial charge in [-0.1, -0.05) is 0 Å². The molecule has 7 rings (SSSR count). The van der Waals surface area contributed by atoms with Gasteiger partial charge in [-0.15, -0.1) is 0 Å². The minimum absolute atomic E-state index is 0.101. The quantitative estimate of drug-likeness (QED) is 0.312. The largest absolute Gasteiger partial charge is 0.371 e. The van der Waals surface area contributed by atoms with Crippen LogP contribution in [0.15, 0.2) is 42.5 Å². The summed E-state index contributed by atoms with van der Waals surface area (Å²) in [4.78, 5) is 69.2. The number of imide groups is 2. The third kappa shape index (κ3) is 5.00. The summed E-state index contributed by atoms with van der Waals surface area (Å²) in [7, 11) is 0. The lowest BCUT2D eigenvalue weighted by molar-refractivity contribution is -0.384. The number of nitro benzene ring substituents is 1. The summed E-state index contributed by atoms with van der Waals surface area (Å²) in [5.41, 5.74) is 3.02. The van der Waals surface area contributed by atoms with Crippen molar-refractivity contribution in [2.24, 2.45) is 5.41 Å². The van der Waals surface area contributed by atoms with Crippen LogP contribution in [-0.4, -0.2) is 89.7 Å². The molecule has 4 amide bonds. The van der Waals surface area contributed by atoms with Crippen molar-refractivity contribution in [2.75, 3.05) is 49.1 Å². The number of piperazine rings is 1. The van der Waals surface area contributed by atoms with Crippen molar-refractivity contribution in [1.82, 2.24) is 15.1 Å². The minimum Gasteiger partial charge on any atom is -0.371 e. The number of anilines is 2. The molecule has 4 heterocycles. The van der Waals surface area contributed by atoms with Crippen molar-refractivity contribution in [3.05, 3.63) is 63.7 Å². The fraction of sp³-hybridized carbons (Fsp3) is 0.500. The van der Waals surface area contributed by atoms with E-state index in [0.717, 1.165) is 68.4 Å². The van der Waals surface area contributed by atoms with Crippen LogP contribution in [0.2, 0.25) is 0 Å². The maximum Gasteiger partial charge on any atom is 0.269 e. The van der Waals surface area contributed by atoms with Crippen LogP contribution >= 0.6 is 0 Å². The van der Waals surface area contributed by atoms with Crippen LogP contribution in [0.3, 0.4) is 0 Å². The van der Waals surface area contributed by atoms with E-state index in [4.69, 9.17) is 0 Å². The van der Waals surface area contributed by atoms with E-state index < -0.39 is 23.8 Å². The van der Waals surface area contributed by atoms with E-state index in [2.05, 4.69) is 20.0 Å². The van der Waals surface area contributed by atoms with Crippen LogP contribution in [0.5, 0.6) is 0 Å². The smallest absolute Gasteiger partial charge is 0.269 e. The number of non-ortho nitro benzene ring substituents is 1. The van der Waals surface area contributed by atoms with E-state index in [1.807, 2.05) is 18.2 Å². The van der Waals surface area contributed by atoms with Crippen LogP contribution in [0, 0.1) is 15.5 Å². The van der Waals surface area contributed by atoms with Crippen LogP contribution in [0.4, 0.5) is 17.1 Å². The molecule has 1 saturated carbocycles. The van der Waals surface area contributed by atoms with Crippen molar-refractivity contribution in [1.29, 1.82) is 0 Å². The van der Waals surface area contributed by atoms with Gasteiger partial charge >= 0.3 is 0 Å². The second-order valence-corrected chi connectivity index (χ2v) is 12.9. The lowest BCUT2D eigenvalue weighted by Gasteiger charge is -2.42. The maximum absolute atomic E-state index is 13.3. The standard InChI is InChI=1S/C32H36N6O6/c39-28-8-7-27(29(40)33-28)37-30(41)25-6-5-23(19-26(25)31(37)42)34-13-11-32(12-14-34)10-9-24(20-32)36-17-15-35(16-18-36)21-1-3-22(4-2-21)38(43)44/h1-6,19,24,27H,7-18,20H2,(H,33,39,40). The Morgan fingerprint density at radius 2 is 1.43 bits per heavy atom. The molecular formula is C32H36N6O6. The van der Waals surface area contributed by atoms with E-state index >= 15 is 0 Å². The van der Waals surface area contributed by atoms with E-state index in [1.54, 1.807) is 24.3 Å². The molecule has 2 aromatic rings. The normalized spacial score (nSPS) is 25.5. The molecule has 1 aliphatic carbocycles. The molecule has 4 fully saturated rings. The van der Waals surface area contributed by atoms with Crippen molar-refractivity contribution in [3.8, 4) is 0 Å². The highest BCUT2D eigenvalue weighted by Crippen LogP contribution is 2.48. The average Bonchev–Trinajstić information content (AvgIpc) is 3.55. The molecular weight excluding hydrogens is 564 g/mol. The summed E-state index contributed by atoms with van der Waals surface area (Å²) in [5, 5.41) is 13.2. The fourth-order valence-electron chi connectivity index (χ4n) is 7.97. The first-order chi connectivity index (χ1) is 21.2. The molecule has 12 nitrogen and oxygen atoms in total. The second-order valence-electron chi connectivity index (χ2n) is 12.9. The number of fused-ring (bicyclic) bond motifs is 1. The summed E-state index contributed by atoms with van der Waals surface area (Å²) >= 11 is 0. The minimum atomic E-state index is -0.959. The first-order valence-electron chi connectivity index (χ1n) is 15.6. The Bertz CT molecular complexity index is 1530. The molecule has 1 N–H and O–H groups in total. The highest BCUT2D eigenvalue weighted by Gasteiger charge is 2.46. The van der Waals surface area contributed by atoms with Gasteiger partial charge in [0.15, 0.2) is 0 Å². The number of rotatable bonds is 5. The van der Waals surface area contributed by atoms with Crippen molar-refractivity contribution >= 4 is 40.7 Å².